The van der Waals surface area contributed by atoms with Crippen LogP contribution in [0.1, 0.15) is 19.8 Å². The highest BCUT2D eigenvalue weighted by molar-refractivity contribution is 5.81. The molecule has 0 aliphatic carbocycles. The maximum atomic E-state index is 11.7. The van der Waals surface area contributed by atoms with Gasteiger partial charge in [-0.1, -0.05) is 12.1 Å². The summed E-state index contributed by atoms with van der Waals surface area (Å²) in [4.78, 5) is 14.1. The van der Waals surface area contributed by atoms with Gasteiger partial charge in [-0.15, -0.1) is 0 Å². The summed E-state index contributed by atoms with van der Waals surface area (Å²) >= 11 is 0. The molecule has 2 heterocycles. The average Bonchev–Trinajstić information content (AvgIpc) is 2.55. The lowest BCUT2D eigenvalue weighted by Gasteiger charge is -2.36. The molecule has 3 atom stereocenters. The Balaban J connectivity index is 1.51. The number of rotatable bonds is 4. The van der Waals surface area contributed by atoms with Crippen LogP contribution in [0.3, 0.4) is 0 Å². The van der Waals surface area contributed by atoms with Crippen molar-refractivity contribution in [2.24, 2.45) is 5.73 Å². The summed E-state index contributed by atoms with van der Waals surface area (Å²) < 4.78 is 11.8. The Labute approximate surface area is 136 Å². The third-order valence-corrected chi connectivity index (χ3v) is 4.29. The van der Waals surface area contributed by atoms with Gasteiger partial charge in [0.15, 0.2) is 11.5 Å². The van der Waals surface area contributed by atoms with Crippen LogP contribution in [0.15, 0.2) is 24.3 Å². The molecular weight excluding hydrogens is 294 g/mol. The lowest BCUT2D eigenvalue weighted by atomic mass is 10.0. The Kier molecular flexibility index (Phi) is 5.03. The van der Waals surface area contributed by atoms with Crippen molar-refractivity contribution in [3.05, 3.63) is 24.3 Å². The van der Waals surface area contributed by atoms with E-state index in [1.165, 1.54) is 0 Å². The molecule has 0 saturated carbocycles. The Bertz CT molecular complexity index is 550. The maximum Gasteiger partial charge on any atom is 0.236 e. The second kappa shape index (κ2) is 7.19. The third-order valence-electron chi connectivity index (χ3n) is 4.29. The first-order chi connectivity index (χ1) is 11.1. The van der Waals surface area contributed by atoms with Crippen LogP contribution in [0.2, 0.25) is 0 Å². The molecule has 0 radical (unpaired) electrons. The first kappa shape index (κ1) is 16.1. The zero-order valence-corrected chi connectivity index (χ0v) is 13.5. The first-order valence-corrected chi connectivity index (χ1v) is 8.28. The van der Waals surface area contributed by atoms with Crippen LogP contribution in [0.4, 0.5) is 0 Å². The number of hydrogen-bond donors (Lipinski definition) is 2. The number of amides is 1. The SMILES string of the molecule is C[C@@H](N)C(=O)N[C@H]1CCCN(C[C@H]2COc3ccccc3O2)C1. The topological polar surface area (TPSA) is 76.8 Å². The van der Waals surface area contributed by atoms with Crippen molar-refractivity contribution in [3.8, 4) is 11.5 Å². The molecule has 0 bridgehead atoms. The lowest BCUT2D eigenvalue weighted by molar-refractivity contribution is -0.123. The Morgan fingerprint density at radius 3 is 3.00 bits per heavy atom. The van der Waals surface area contributed by atoms with E-state index in [0.29, 0.717) is 6.61 Å². The quantitative estimate of drug-likeness (QED) is 0.856. The van der Waals surface area contributed by atoms with Crippen molar-refractivity contribution in [2.45, 2.75) is 38.0 Å². The van der Waals surface area contributed by atoms with E-state index in [1.807, 2.05) is 24.3 Å². The van der Waals surface area contributed by atoms with E-state index in [-0.39, 0.29) is 18.1 Å². The zero-order valence-electron chi connectivity index (χ0n) is 13.5. The van der Waals surface area contributed by atoms with Crippen LogP contribution >= 0.6 is 0 Å². The van der Waals surface area contributed by atoms with Gasteiger partial charge in [-0.2, -0.15) is 0 Å². The van der Waals surface area contributed by atoms with Gasteiger partial charge >= 0.3 is 0 Å². The summed E-state index contributed by atoms with van der Waals surface area (Å²) in [5.41, 5.74) is 5.62. The van der Waals surface area contributed by atoms with Gasteiger partial charge in [-0.25, -0.2) is 0 Å². The summed E-state index contributed by atoms with van der Waals surface area (Å²) in [6.07, 6.45) is 2.08. The molecular formula is C17H25N3O3. The van der Waals surface area contributed by atoms with Crippen LogP contribution in [-0.4, -0.2) is 55.2 Å². The van der Waals surface area contributed by atoms with Crippen molar-refractivity contribution in [3.63, 3.8) is 0 Å². The molecule has 23 heavy (non-hydrogen) atoms. The lowest BCUT2D eigenvalue weighted by Crippen LogP contribution is -2.53. The molecule has 0 unspecified atom stereocenters. The van der Waals surface area contributed by atoms with E-state index in [4.69, 9.17) is 15.2 Å². The normalized spacial score (nSPS) is 25.7. The summed E-state index contributed by atoms with van der Waals surface area (Å²) in [5.74, 6) is 1.54. The Hall–Kier alpha value is -1.79. The number of benzene rings is 1. The van der Waals surface area contributed by atoms with Gasteiger partial charge in [0.1, 0.15) is 12.7 Å². The predicted molar refractivity (Wildman–Crippen MR) is 87.6 cm³/mol. The van der Waals surface area contributed by atoms with Gasteiger partial charge in [-0.05, 0) is 38.4 Å². The molecule has 0 spiro atoms. The van der Waals surface area contributed by atoms with Crippen molar-refractivity contribution < 1.29 is 14.3 Å². The summed E-state index contributed by atoms with van der Waals surface area (Å²) in [6.45, 7) is 4.93. The molecule has 1 aromatic carbocycles. The van der Waals surface area contributed by atoms with Crippen LogP contribution < -0.4 is 20.5 Å². The number of hydrogen-bond acceptors (Lipinski definition) is 5. The molecule has 2 aliphatic heterocycles. The van der Waals surface area contributed by atoms with Gasteiger partial charge in [0.25, 0.3) is 0 Å². The highest BCUT2D eigenvalue weighted by atomic mass is 16.6. The highest BCUT2D eigenvalue weighted by Gasteiger charge is 2.27. The van der Waals surface area contributed by atoms with Gasteiger partial charge in [0, 0.05) is 19.1 Å². The molecule has 6 heteroatoms. The van der Waals surface area contributed by atoms with E-state index < -0.39 is 6.04 Å². The van der Waals surface area contributed by atoms with E-state index in [1.54, 1.807) is 6.92 Å². The number of fused-ring (bicyclic) bond motifs is 1. The second-order valence-corrected chi connectivity index (χ2v) is 6.39. The van der Waals surface area contributed by atoms with Gasteiger partial charge in [0.2, 0.25) is 5.91 Å². The molecule has 1 aromatic rings. The average molecular weight is 319 g/mol. The second-order valence-electron chi connectivity index (χ2n) is 6.39. The number of carbonyl (C=O) groups is 1. The number of para-hydroxylation sites is 2. The third kappa shape index (κ3) is 4.14. The van der Waals surface area contributed by atoms with Crippen LogP contribution in [0, 0.1) is 0 Å². The fraction of sp³-hybridized carbons (Fsp3) is 0.588. The minimum Gasteiger partial charge on any atom is -0.486 e. The molecule has 6 nitrogen and oxygen atoms in total. The van der Waals surface area contributed by atoms with Crippen LogP contribution in [-0.2, 0) is 4.79 Å². The monoisotopic (exact) mass is 319 g/mol. The van der Waals surface area contributed by atoms with E-state index in [0.717, 1.165) is 44.0 Å². The summed E-state index contributed by atoms with van der Waals surface area (Å²) in [6, 6.07) is 7.45. The van der Waals surface area contributed by atoms with Crippen LogP contribution in [0.5, 0.6) is 11.5 Å². The zero-order chi connectivity index (χ0) is 16.2. The number of nitrogens with zero attached hydrogens (tertiary/aromatic N) is 1. The van der Waals surface area contributed by atoms with Crippen molar-refractivity contribution in [2.75, 3.05) is 26.2 Å². The largest absolute Gasteiger partial charge is 0.486 e. The summed E-state index contributed by atoms with van der Waals surface area (Å²) in [7, 11) is 0. The van der Waals surface area contributed by atoms with Gasteiger partial charge < -0.3 is 20.5 Å². The molecule has 1 fully saturated rings. The minimum absolute atomic E-state index is 0.0211. The highest BCUT2D eigenvalue weighted by Crippen LogP contribution is 2.31. The molecule has 1 amide bonds. The molecule has 126 valence electrons. The molecule has 2 aliphatic rings. The predicted octanol–water partition coefficient (Wildman–Crippen LogP) is 0.754. The van der Waals surface area contributed by atoms with E-state index >= 15 is 0 Å². The fourth-order valence-electron chi connectivity index (χ4n) is 3.11. The maximum absolute atomic E-state index is 11.7. The number of piperidine rings is 1. The molecule has 1 saturated heterocycles. The summed E-state index contributed by atoms with van der Waals surface area (Å²) in [5, 5.41) is 3.02. The number of nitrogens with two attached hydrogens (primary N) is 1. The minimum atomic E-state index is -0.461. The number of likely N-dealkylation sites (tertiary alicyclic amines) is 1. The number of nitrogens with one attached hydrogen (secondary N) is 1. The molecule has 0 aromatic heterocycles. The fourth-order valence-corrected chi connectivity index (χ4v) is 3.11. The van der Waals surface area contributed by atoms with Crippen molar-refractivity contribution in [1.29, 1.82) is 0 Å². The molecule has 3 rings (SSSR count). The Morgan fingerprint density at radius 2 is 2.22 bits per heavy atom. The van der Waals surface area contributed by atoms with Gasteiger partial charge in [-0.3, -0.25) is 9.69 Å². The van der Waals surface area contributed by atoms with Crippen molar-refractivity contribution in [1.82, 2.24) is 10.2 Å². The number of carbonyl (C=O) groups excluding carboxylic acids is 1. The van der Waals surface area contributed by atoms with Crippen molar-refractivity contribution >= 4 is 5.91 Å². The van der Waals surface area contributed by atoms with E-state index in [9.17, 15) is 4.79 Å². The van der Waals surface area contributed by atoms with E-state index in [2.05, 4.69) is 10.2 Å². The van der Waals surface area contributed by atoms with Gasteiger partial charge in [0.05, 0.1) is 6.04 Å². The molecule has 3 N–H and O–H groups in total. The Morgan fingerprint density at radius 1 is 1.43 bits per heavy atom. The smallest absolute Gasteiger partial charge is 0.236 e. The van der Waals surface area contributed by atoms with Crippen LogP contribution in [0.25, 0.3) is 0 Å². The first-order valence-electron chi connectivity index (χ1n) is 8.28. The number of ether oxygens (including phenoxy) is 2. The standard InChI is InChI=1S/C17H25N3O3/c1-12(18)17(21)19-13-5-4-8-20(9-13)10-14-11-22-15-6-2-3-7-16(15)23-14/h2-3,6-7,12-14H,4-5,8-11,18H2,1H3,(H,19,21)/t12-,13+,14+/m1/s1.